The Morgan fingerprint density at radius 2 is 2.04 bits per heavy atom. The number of imidazole rings is 1. The normalized spacial score (nSPS) is 11.1. The van der Waals surface area contributed by atoms with Gasteiger partial charge in [0.05, 0.1) is 12.7 Å². The number of benzene rings is 1. The van der Waals surface area contributed by atoms with Crippen molar-refractivity contribution >= 4 is 5.91 Å². The Labute approximate surface area is 149 Å². The summed E-state index contributed by atoms with van der Waals surface area (Å²) in [6.07, 6.45) is 4.60. The van der Waals surface area contributed by atoms with Gasteiger partial charge in [0.2, 0.25) is 5.91 Å². The molecule has 0 aliphatic carbocycles. The molecule has 1 aromatic carbocycles. The van der Waals surface area contributed by atoms with E-state index in [-0.39, 0.29) is 24.7 Å². The first kappa shape index (κ1) is 17.8. The Morgan fingerprint density at radius 3 is 2.77 bits per heavy atom. The maximum absolute atomic E-state index is 12.8. The van der Waals surface area contributed by atoms with Gasteiger partial charge >= 0.3 is 6.55 Å². The van der Waals surface area contributed by atoms with Crippen LogP contribution in [0.2, 0.25) is 0 Å². The lowest BCUT2D eigenvalue weighted by Crippen LogP contribution is -2.28. The summed E-state index contributed by atoms with van der Waals surface area (Å²) < 4.78 is 32.0. The first-order chi connectivity index (χ1) is 12.5. The zero-order chi connectivity index (χ0) is 18.5. The molecule has 3 rings (SSSR count). The topological polar surface area (TPSA) is 64.2 Å². The minimum absolute atomic E-state index is 0.0109. The number of carbonyl (C=O) groups is 1. The van der Waals surface area contributed by atoms with Crippen LogP contribution in [0.4, 0.5) is 8.78 Å². The zero-order valence-corrected chi connectivity index (χ0v) is 14.2. The van der Waals surface area contributed by atoms with Crippen molar-refractivity contribution in [3.05, 3.63) is 60.6 Å². The predicted molar refractivity (Wildman–Crippen MR) is 90.2 cm³/mol. The van der Waals surface area contributed by atoms with Crippen LogP contribution in [-0.2, 0) is 17.8 Å². The molecule has 136 valence electrons. The fourth-order valence-electron chi connectivity index (χ4n) is 2.51. The summed E-state index contributed by atoms with van der Waals surface area (Å²) in [4.78, 5) is 21.7. The highest BCUT2D eigenvalue weighted by Gasteiger charge is 2.17. The summed E-state index contributed by atoms with van der Waals surface area (Å²) in [5, 5.41) is 0. The van der Waals surface area contributed by atoms with E-state index in [2.05, 4.69) is 9.97 Å². The Kier molecular flexibility index (Phi) is 5.40. The number of aromatic nitrogens is 3. The number of hydrogen-bond acceptors (Lipinski definition) is 4. The van der Waals surface area contributed by atoms with Crippen LogP contribution >= 0.6 is 0 Å². The van der Waals surface area contributed by atoms with E-state index in [0.29, 0.717) is 18.1 Å². The highest BCUT2D eigenvalue weighted by molar-refractivity contribution is 5.75. The molecule has 0 N–H and O–H groups in total. The summed E-state index contributed by atoms with van der Waals surface area (Å²) in [7, 11) is 1.55. The van der Waals surface area contributed by atoms with Gasteiger partial charge in [-0.15, -0.1) is 0 Å². The number of hydrogen-bond donors (Lipinski definition) is 0. The van der Waals surface area contributed by atoms with E-state index in [0.717, 1.165) is 10.1 Å². The third-order valence-electron chi connectivity index (χ3n) is 3.93. The number of oxazole rings is 1. The largest absolute Gasteiger partial charge is 0.441 e. The molecule has 0 aliphatic heterocycles. The summed E-state index contributed by atoms with van der Waals surface area (Å²) >= 11 is 0. The summed E-state index contributed by atoms with van der Waals surface area (Å²) in [6.45, 7) is -2.67. The first-order valence-electron chi connectivity index (χ1n) is 8.08. The lowest BCUT2D eigenvalue weighted by Gasteiger charge is -2.17. The van der Waals surface area contributed by atoms with Gasteiger partial charge in [0, 0.05) is 37.8 Å². The number of nitrogens with zero attached hydrogens (tertiary/aromatic N) is 4. The third-order valence-corrected chi connectivity index (χ3v) is 3.93. The minimum atomic E-state index is -2.68. The Morgan fingerprint density at radius 1 is 1.27 bits per heavy atom. The summed E-state index contributed by atoms with van der Waals surface area (Å²) in [5.41, 5.74) is 0.911. The van der Waals surface area contributed by atoms with Crippen molar-refractivity contribution in [3.63, 3.8) is 0 Å². The zero-order valence-electron chi connectivity index (χ0n) is 14.2. The second-order valence-electron chi connectivity index (χ2n) is 5.76. The molecule has 0 saturated carbocycles. The van der Waals surface area contributed by atoms with Crippen molar-refractivity contribution in [3.8, 4) is 11.3 Å². The van der Waals surface area contributed by atoms with E-state index >= 15 is 0 Å². The number of alkyl halides is 2. The molecule has 2 aromatic heterocycles. The van der Waals surface area contributed by atoms with Crippen LogP contribution < -0.4 is 0 Å². The number of aryl methyl sites for hydroxylation is 1. The average Bonchev–Trinajstić information content (AvgIpc) is 3.29. The van der Waals surface area contributed by atoms with Crippen molar-refractivity contribution in [1.29, 1.82) is 0 Å². The van der Waals surface area contributed by atoms with Crippen LogP contribution in [0.3, 0.4) is 0 Å². The minimum Gasteiger partial charge on any atom is -0.441 e. The molecule has 0 atom stereocenters. The van der Waals surface area contributed by atoms with Gasteiger partial charge < -0.3 is 9.32 Å². The van der Waals surface area contributed by atoms with Gasteiger partial charge in [-0.2, -0.15) is 8.78 Å². The van der Waals surface area contributed by atoms with Crippen LogP contribution in [0.15, 0.2) is 53.3 Å². The highest BCUT2D eigenvalue weighted by atomic mass is 19.3. The van der Waals surface area contributed by atoms with Crippen LogP contribution in [0, 0.1) is 0 Å². The number of halogens is 2. The molecule has 0 fully saturated rings. The summed E-state index contributed by atoms with van der Waals surface area (Å²) in [5.74, 6) is 1.03. The van der Waals surface area contributed by atoms with E-state index in [9.17, 15) is 13.6 Å². The molecule has 6 nitrogen and oxygen atoms in total. The molecule has 0 spiro atoms. The molecule has 0 bridgehead atoms. The molecule has 8 heteroatoms. The summed E-state index contributed by atoms with van der Waals surface area (Å²) in [6, 6.07) is 9.54. The van der Waals surface area contributed by atoms with E-state index in [1.165, 1.54) is 17.3 Å². The van der Waals surface area contributed by atoms with Crippen molar-refractivity contribution in [2.75, 3.05) is 7.05 Å². The van der Waals surface area contributed by atoms with E-state index in [1.54, 1.807) is 13.2 Å². The number of carbonyl (C=O) groups excluding carboxylic acids is 1. The van der Waals surface area contributed by atoms with Crippen molar-refractivity contribution in [1.82, 2.24) is 19.4 Å². The van der Waals surface area contributed by atoms with Gasteiger partial charge in [0.25, 0.3) is 0 Å². The van der Waals surface area contributed by atoms with Crippen LogP contribution in [-0.4, -0.2) is 32.4 Å². The molecule has 0 aliphatic rings. The van der Waals surface area contributed by atoms with E-state index < -0.39 is 6.55 Å². The molecular formula is C18H18F2N4O2. The average molecular weight is 360 g/mol. The lowest BCUT2D eigenvalue weighted by atomic mass is 10.2. The Bertz CT molecular complexity index is 861. The predicted octanol–water partition coefficient (Wildman–Crippen LogP) is 3.52. The third kappa shape index (κ3) is 4.14. The molecular weight excluding hydrogens is 342 g/mol. The monoisotopic (exact) mass is 360 g/mol. The van der Waals surface area contributed by atoms with Gasteiger partial charge in [-0.05, 0) is 0 Å². The van der Waals surface area contributed by atoms with Crippen molar-refractivity contribution in [2.45, 2.75) is 25.9 Å². The van der Waals surface area contributed by atoms with E-state index in [1.807, 2.05) is 30.3 Å². The van der Waals surface area contributed by atoms with E-state index in [4.69, 9.17) is 4.42 Å². The highest BCUT2D eigenvalue weighted by Crippen LogP contribution is 2.20. The first-order valence-corrected chi connectivity index (χ1v) is 8.08. The Hall–Kier alpha value is -3.03. The molecule has 0 radical (unpaired) electrons. The van der Waals surface area contributed by atoms with Crippen LogP contribution in [0.25, 0.3) is 11.3 Å². The van der Waals surface area contributed by atoms with Crippen molar-refractivity contribution in [2.24, 2.45) is 0 Å². The molecule has 26 heavy (non-hydrogen) atoms. The molecule has 2 heterocycles. The molecule has 3 aromatic rings. The van der Waals surface area contributed by atoms with Crippen LogP contribution in [0.5, 0.6) is 0 Å². The van der Waals surface area contributed by atoms with Gasteiger partial charge in [-0.25, -0.2) is 9.97 Å². The molecule has 0 saturated heterocycles. The SMILES string of the molecule is CN(Cc1nccn1C(F)F)C(=O)CCc1ncc(-c2ccccc2)o1. The van der Waals surface area contributed by atoms with Gasteiger partial charge in [0.1, 0.15) is 5.82 Å². The second kappa shape index (κ2) is 7.90. The Balaban J connectivity index is 1.55. The molecule has 1 amide bonds. The maximum atomic E-state index is 12.8. The quantitative estimate of drug-likeness (QED) is 0.647. The standard InChI is InChI=1S/C18H18F2N4O2/c1-23(12-15-21-9-10-24(15)18(19)20)17(25)8-7-16-22-11-14(26-16)13-5-3-2-4-6-13/h2-6,9-11,18H,7-8,12H2,1H3. The van der Waals surface area contributed by atoms with Gasteiger partial charge in [-0.1, -0.05) is 30.3 Å². The number of amides is 1. The second-order valence-corrected chi connectivity index (χ2v) is 5.76. The fraction of sp³-hybridized carbons (Fsp3) is 0.278. The maximum Gasteiger partial charge on any atom is 0.319 e. The fourth-order valence-corrected chi connectivity index (χ4v) is 2.51. The lowest BCUT2D eigenvalue weighted by molar-refractivity contribution is -0.130. The van der Waals surface area contributed by atoms with Gasteiger partial charge in [0.15, 0.2) is 11.7 Å². The van der Waals surface area contributed by atoms with Gasteiger partial charge in [-0.3, -0.25) is 9.36 Å². The van der Waals surface area contributed by atoms with Crippen LogP contribution in [0.1, 0.15) is 24.7 Å². The molecule has 0 unspecified atom stereocenters. The van der Waals surface area contributed by atoms with Crippen molar-refractivity contribution < 1.29 is 18.0 Å². The number of rotatable bonds is 7. The smallest absolute Gasteiger partial charge is 0.319 e.